The second kappa shape index (κ2) is 37.8. The molecular weight excluding hydrogens is 1160 g/mol. The highest BCUT2D eigenvalue weighted by Gasteiger charge is 2.46. The molecule has 516 valence electrons. The van der Waals surface area contributed by atoms with Gasteiger partial charge in [-0.05, 0) is 100 Å². The van der Waals surface area contributed by atoms with Crippen molar-refractivity contribution < 1.29 is 72.1 Å². The molecule has 0 aromatic rings. The van der Waals surface area contributed by atoms with Gasteiger partial charge in [-0.1, -0.05) is 96.9 Å². The lowest BCUT2D eigenvalue weighted by Crippen LogP contribution is -2.63. The van der Waals surface area contributed by atoms with Crippen LogP contribution in [0.3, 0.4) is 0 Å². The van der Waals surface area contributed by atoms with Crippen molar-refractivity contribution in [3.05, 3.63) is 0 Å². The predicted molar refractivity (Wildman–Crippen MR) is 341 cm³/mol. The first-order valence-electron chi connectivity index (χ1n) is 32.0. The number of carbonyl (C=O) groups excluding carboxylic acids is 12. The lowest BCUT2D eigenvalue weighted by molar-refractivity contribution is -0.157. The van der Waals surface area contributed by atoms with Crippen LogP contribution in [0.25, 0.3) is 0 Å². The fourth-order valence-corrected chi connectivity index (χ4v) is 11.1. The molecule has 1 heterocycles. The molecule has 0 aliphatic carbocycles. The number of esters is 1. The highest BCUT2D eigenvalue weighted by Crippen LogP contribution is 2.26. The van der Waals surface area contributed by atoms with E-state index < -0.39 is 162 Å². The Bertz CT molecular complexity index is 2440. The first-order valence-corrected chi connectivity index (χ1v) is 32.0. The summed E-state index contributed by atoms with van der Waals surface area (Å²) in [6.45, 7) is 26.9. The number of hydrogen-bond donors (Lipinski definition) is 5. The zero-order chi connectivity index (χ0) is 69.7. The molecule has 11 amide bonds. The van der Waals surface area contributed by atoms with Crippen molar-refractivity contribution in [2.24, 2.45) is 41.4 Å². The molecule has 0 aromatic heterocycles. The average molecular weight is 1280 g/mol. The minimum absolute atomic E-state index is 0.0277. The van der Waals surface area contributed by atoms with Crippen LogP contribution in [-0.2, 0) is 67.0 Å². The van der Waals surface area contributed by atoms with E-state index in [-0.39, 0.29) is 81.8 Å². The lowest BCUT2D eigenvalue weighted by atomic mass is 9.90. The summed E-state index contributed by atoms with van der Waals surface area (Å²) in [6, 6.07) is -12.7. The van der Waals surface area contributed by atoms with Crippen LogP contribution in [0.4, 0.5) is 0 Å². The molecule has 1 saturated heterocycles. The van der Waals surface area contributed by atoms with Gasteiger partial charge in [-0.3, -0.25) is 57.5 Å². The van der Waals surface area contributed by atoms with E-state index in [1.165, 1.54) is 94.8 Å². The van der Waals surface area contributed by atoms with Gasteiger partial charge in [0.15, 0.2) is 6.79 Å². The number of hydrogen-bond acceptors (Lipinski definition) is 15. The number of nitrogens with zero attached hydrogens (tertiary/aromatic N) is 7. The summed E-state index contributed by atoms with van der Waals surface area (Å²) in [5.41, 5.74) is 0. The van der Waals surface area contributed by atoms with Crippen LogP contribution in [0.1, 0.15) is 162 Å². The molecule has 12 atom stereocenters. The number of amides is 11. The summed E-state index contributed by atoms with van der Waals surface area (Å²) in [6.07, 6.45) is -0.834. The number of nitrogens with one attached hydrogen (secondary N) is 4. The molecule has 26 heteroatoms. The van der Waals surface area contributed by atoms with E-state index in [9.17, 15) is 48.3 Å². The van der Waals surface area contributed by atoms with Crippen molar-refractivity contribution in [2.45, 2.75) is 229 Å². The fourth-order valence-electron chi connectivity index (χ4n) is 11.1. The van der Waals surface area contributed by atoms with Crippen LogP contribution in [0.5, 0.6) is 0 Å². The standard InChI is InChI=1S/C64H115N11O15/c1-25-44-60(84)69(17)33-49(76)70(18)45(29-35(2)3)57(81)68-51(39(10)11)63(87)71(19)46(30-36(4)5)56(80)65-42(15)55(79)66-43(16)59(83)72(20)47(31-37(6)7)61(85)73(21)48(32-38(8)9)62(86)74(22)52(40(12)13)64(88)75(23)53(58(82)67-44)54(78)41(14)27-26-28-50(77)90-34-89-24/h35-48,51-54,78H,25-34H2,1-24H3,(H,65,80)(H,66,79)(H,67,82)(H,68,81)/t41-,42+,43-,44+,45+,46-,47+,48-,51+,52+,53+,54-/m1/s1. The number of likely N-dealkylation sites (N-methyl/N-ethyl adjacent to an activating group) is 7. The smallest absolute Gasteiger partial charge is 0.307 e. The Hall–Kier alpha value is -6.44. The summed E-state index contributed by atoms with van der Waals surface area (Å²) >= 11 is 0. The molecule has 0 aromatic carbocycles. The molecule has 0 unspecified atom stereocenters. The minimum Gasteiger partial charge on any atom is -0.438 e. The van der Waals surface area contributed by atoms with Gasteiger partial charge in [0, 0.05) is 62.9 Å². The summed E-state index contributed by atoms with van der Waals surface area (Å²) in [5, 5.41) is 23.2. The van der Waals surface area contributed by atoms with Crippen LogP contribution in [0.2, 0.25) is 0 Å². The number of ether oxygens (including phenoxy) is 2. The molecule has 26 nitrogen and oxygen atoms in total. The van der Waals surface area contributed by atoms with E-state index >= 15 is 14.4 Å². The third kappa shape index (κ3) is 23.7. The molecule has 90 heavy (non-hydrogen) atoms. The maximum Gasteiger partial charge on any atom is 0.307 e. The molecule has 1 rings (SSSR count). The number of methoxy groups -OCH3 is 1. The molecule has 0 bridgehead atoms. The number of aliphatic hydroxyl groups excluding tert-OH is 1. The first-order chi connectivity index (χ1) is 41.6. The Morgan fingerprint density at radius 2 is 0.933 bits per heavy atom. The number of carbonyl (C=O) groups is 12. The zero-order valence-corrected chi connectivity index (χ0v) is 58.8. The molecule has 0 radical (unpaired) electrons. The fraction of sp³-hybridized carbons (Fsp3) is 0.812. The van der Waals surface area contributed by atoms with Gasteiger partial charge >= 0.3 is 5.97 Å². The van der Waals surface area contributed by atoms with E-state index in [4.69, 9.17) is 9.47 Å². The van der Waals surface area contributed by atoms with E-state index in [1.807, 2.05) is 55.4 Å². The minimum atomic E-state index is -1.72. The Morgan fingerprint density at radius 1 is 0.500 bits per heavy atom. The quantitative estimate of drug-likeness (QED) is 0.0917. The number of rotatable bonds is 19. The van der Waals surface area contributed by atoms with Crippen molar-refractivity contribution in [1.82, 2.24) is 55.6 Å². The Balaban J connectivity index is 4.34. The van der Waals surface area contributed by atoms with Crippen LogP contribution in [0, 0.1) is 41.4 Å². The highest BCUT2D eigenvalue weighted by molar-refractivity contribution is 5.99. The normalized spacial score (nSPS) is 25.9. The van der Waals surface area contributed by atoms with Gasteiger partial charge < -0.3 is 70.1 Å². The SMILES string of the molecule is CC[C@@H]1NC(=O)[C@H]([C@H](O)[C@H](C)CCCC(=O)OCOC)N(C)C(=O)[C@H](C(C)C)N(C)C(=O)[C@@H](CC(C)C)N(C)C(=O)[C@H](CC(C)C)N(C)C(=O)[C@@H](C)NC(=O)[C@H](C)NC(=O)[C@@H](CC(C)C)N(C)C(=O)[C@H](C(C)C)NC(=O)[C@H](CC(C)C)N(C)C(=O)CN(C)C1=O. The van der Waals surface area contributed by atoms with Crippen molar-refractivity contribution in [1.29, 1.82) is 0 Å². The monoisotopic (exact) mass is 1280 g/mol. The molecular formula is C64H115N11O15. The van der Waals surface area contributed by atoms with Crippen LogP contribution in [0.15, 0.2) is 0 Å². The molecule has 1 aliphatic heterocycles. The van der Waals surface area contributed by atoms with Gasteiger partial charge in [-0.2, -0.15) is 0 Å². The maximum atomic E-state index is 15.3. The lowest BCUT2D eigenvalue weighted by Gasteiger charge is -2.41. The highest BCUT2D eigenvalue weighted by atomic mass is 16.7. The topological polar surface area (TPSA) is 314 Å². The third-order valence-electron chi connectivity index (χ3n) is 16.7. The van der Waals surface area contributed by atoms with Gasteiger partial charge in [0.25, 0.3) is 0 Å². The van der Waals surface area contributed by atoms with Crippen molar-refractivity contribution in [3.63, 3.8) is 0 Å². The van der Waals surface area contributed by atoms with Gasteiger partial charge in [0.05, 0.1) is 12.6 Å². The Kier molecular flexibility index (Phi) is 34.2. The summed E-state index contributed by atoms with van der Waals surface area (Å²) in [7, 11) is 11.1. The van der Waals surface area contributed by atoms with Crippen LogP contribution in [-0.4, -0.2) is 247 Å². The molecule has 0 spiro atoms. The Labute approximate surface area is 536 Å². The summed E-state index contributed by atoms with van der Waals surface area (Å²) < 4.78 is 9.86. The first kappa shape index (κ1) is 81.6. The summed E-state index contributed by atoms with van der Waals surface area (Å²) in [5.74, 6) is -11.0. The molecule has 1 fully saturated rings. The predicted octanol–water partition coefficient (Wildman–Crippen LogP) is 2.62. The second-order valence-corrected chi connectivity index (χ2v) is 27.1. The average Bonchev–Trinajstić information content (AvgIpc) is 1.04. The summed E-state index contributed by atoms with van der Waals surface area (Å²) in [4.78, 5) is 182. The zero-order valence-electron chi connectivity index (χ0n) is 58.8. The van der Waals surface area contributed by atoms with E-state index in [2.05, 4.69) is 21.3 Å². The molecule has 0 saturated carbocycles. The van der Waals surface area contributed by atoms with Gasteiger partial charge in [0.1, 0.15) is 60.4 Å². The van der Waals surface area contributed by atoms with E-state index in [0.29, 0.717) is 0 Å². The van der Waals surface area contributed by atoms with Gasteiger partial charge in [0.2, 0.25) is 65.0 Å². The molecule has 5 N–H and O–H groups in total. The molecule has 1 aliphatic rings. The number of aliphatic hydroxyl groups is 1. The Morgan fingerprint density at radius 3 is 1.40 bits per heavy atom. The maximum absolute atomic E-state index is 15.3. The van der Waals surface area contributed by atoms with Crippen LogP contribution >= 0.6 is 0 Å². The van der Waals surface area contributed by atoms with Crippen molar-refractivity contribution in [3.8, 4) is 0 Å². The third-order valence-corrected chi connectivity index (χ3v) is 16.7. The van der Waals surface area contributed by atoms with Crippen molar-refractivity contribution in [2.75, 3.05) is 69.8 Å². The van der Waals surface area contributed by atoms with Crippen molar-refractivity contribution >= 4 is 70.9 Å². The van der Waals surface area contributed by atoms with E-state index in [0.717, 1.165) is 9.80 Å². The largest absolute Gasteiger partial charge is 0.438 e. The van der Waals surface area contributed by atoms with Gasteiger partial charge in [-0.15, -0.1) is 0 Å². The van der Waals surface area contributed by atoms with E-state index in [1.54, 1.807) is 41.5 Å². The second-order valence-electron chi connectivity index (χ2n) is 27.1. The van der Waals surface area contributed by atoms with Gasteiger partial charge in [-0.25, -0.2) is 0 Å². The van der Waals surface area contributed by atoms with Crippen LogP contribution < -0.4 is 21.3 Å².